The van der Waals surface area contributed by atoms with Gasteiger partial charge >= 0.3 is 5.97 Å². The number of likely N-dealkylation sites (N-methyl/N-ethyl adjacent to an activating group) is 1. The van der Waals surface area contributed by atoms with Crippen molar-refractivity contribution in [3.8, 4) is 16.9 Å². The number of aromatic carboxylic acids is 1. The number of piperidine rings is 1. The van der Waals surface area contributed by atoms with E-state index in [1.807, 2.05) is 61.3 Å². The number of carboxylic acid groups (broad SMARTS) is 1. The summed E-state index contributed by atoms with van der Waals surface area (Å²) >= 11 is 1.57. The second kappa shape index (κ2) is 20.2. The summed E-state index contributed by atoms with van der Waals surface area (Å²) in [5.41, 5.74) is 5.61. The number of rotatable bonds is 19. The van der Waals surface area contributed by atoms with Crippen LogP contribution in [0.2, 0.25) is 0 Å². The molecular formula is C59H67N11O8S. The lowest BCUT2D eigenvalue weighted by Gasteiger charge is -2.69. The molecule has 13 rings (SSSR count). The van der Waals surface area contributed by atoms with Crippen LogP contribution >= 0.6 is 11.3 Å². The van der Waals surface area contributed by atoms with Crippen molar-refractivity contribution in [2.45, 2.75) is 129 Å². The molecule has 4 aliphatic carbocycles. The average molecular weight is 1090 g/mol. The molecule has 7 heterocycles. The number of aromatic nitrogens is 6. The lowest BCUT2D eigenvalue weighted by Crippen LogP contribution is -2.64. The molecule has 412 valence electrons. The van der Waals surface area contributed by atoms with Crippen molar-refractivity contribution in [2.75, 3.05) is 50.1 Å². The van der Waals surface area contributed by atoms with E-state index >= 15 is 0 Å². The molecule has 79 heavy (non-hydrogen) atoms. The Morgan fingerprint density at radius 2 is 1.65 bits per heavy atom. The number of imide groups is 2. The standard InChI is InChI=1S/C59H67N11O8S/c1-35-38-12-11-22-68(50(38)66-65-49(35)64-55-61-43-13-7-8-14-45(43)79-55)46-19-17-39(48(62-46)54(75)76)42-27-60-69(36(42)2)34-58-29-56(3)28-57(4,30-58)32-59(31-56,33-58)78-25-23-67(5)21-9-6-10-24-77-37-15-16-40-41(26-37)53(74)70(52(40)73)44-18-20-47(71)63-51(44)72/h7-8,13-17,19,26-27,44H,6,9-12,18,20-25,28-34H2,1-5H3,(H,75,76)(H,61,64,65)(H,63,71,72). The van der Waals surface area contributed by atoms with Gasteiger partial charge in [-0.1, -0.05) is 37.3 Å². The first-order chi connectivity index (χ1) is 37.9. The molecule has 0 spiro atoms. The van der Waals surface area contributed by atoms with Crippen LogP contribution in [0.4, 0.5) is 22.6 Å². The van der Waals surface area contributed by atoms with Crippen molar-refractivity contribution >= 4 is 73.7 Å². The first kappa shape index (κ1) is 52.5. The third-order valence-electron chi connectivity index (χ3n) is 17.5. The molecule has 4 aromatic heterocycles. The van der Waals surface area contributed by atoms with Gasteiger partial charge in [-0.15, -0.1) is 10.2 Å². The second-order valence-electron chi connectivity index (χ2n) is 24.1. The molecule has 1 saturated heterocycles. The molecule has 4 saturated carbocycles. The Hall–Kier alpha value is -7.16. The van der Waals surface area contributed by atoms with E-state index in [0.717, 1.165) is 126 Å². The fourth-order valence-electron chi connectivity index (χ4n) is 15.2. The number of unbranched alkanes of at least 4 members (excludes halogenated alkanes) is 2. The van der Waals surface area contributed by atoms with Crippen LogP contribution in [0, 0.1) is 30.1 Å². The van der Waals surface area contributed by atoms with E-state index in [2.05, 4.69) is 51.3 Å². The molecule has 5 fully saturated rings. The number of hydrogen-bond acceptors (Lipinski definition) is 16. The lowest BCUT2D eigenvalue weighted by atomic mass is 9.39. The molecule has 3 unspecified atom stereocenters. The SMILES string of the molecule is Cc1c(Nc2nc3ccccc3s2)nnc2c1CCCN2c1ccc(-c2cnn(CC34CC5(C)CC(C)(C3)CC(OCCN(C)CCCCCOc3ccc6c(c3)C(=O)N(C3CCC(=O)NC3=O)C6=O)(C5)C4)c2C)c(C(=O)O)n1. The van der Waals surface area contributed by atoms with E-state index in [4.69, 9.17) is 24.5 Å². The molecular weight excluding hydrogens is 1020 g/mol. The Kier molecular flexibility index (Phi) is 13.4. The Morgan fingerprint density at radius 1 is 0.861 bits per heavy atom. The third kappa shape index (κ3) is 9.93. The van der Waals surface area contributed by atoms with E-state index in [1.54, 1.807) is 29.5 Å². The number of thiazole rings is 1. The number of benzene rings is 2. The second-order valence-corrected chi connectivity index (χ2v) is 25.1. The Morgan fingerprint density at radius 3 is 2.43 bits per heavy atom. The maximum Gasteiger partial charge on any atom is 0.355 e. The molecule has 6 aromatic rings. The minimum Gasteiger partial charge on any atom is -0.494 e. The zero-order chi connectivity index (χ0) is 55.0. The van der Waals surface area contributed by atoms with Gasteiger partial charge in [0, 0.05) is 54.0 Å². The molecule has 3 N–H and O–H groups in total. The maximum absolute atomic E-state index is 13.2. The predicted molar refractivity (Wildman–Crippen MR) is 297 cm³/mol. The zero-order valence-corrected chi connectivity index (χ0v) is 46.3. The minimum atomic E-state index is -1.10. The van der Waals surface area contributed by atoms with Crippen molar-refractivity contribution in [3.05, 3.63) is 94.4 Å². The molecule has 20 heteroatoms. The highest BCUT2D eigenvalue weighted by molar-refractivity contribution is 7.22. The van der Waals surface area contributed by atoms with Crippen LogP contribution in [0.3, 0.4) is 0 Å². The van der Waals surface area contributed by atoms with Gasteiger partial charge in [0.15, 0.2) is 22.5 Å². The van der Waals surface area contributed by atoms with Gasteiger partial charge < -0.3 is 29.7 Å². The summed E-state index contributed by atoms with van der Waals surface area (Å²) in [6.45, 7) is 13.2. The highest BCUT2D eigenvalue weighted by Crippen LogP contribution is 2.72. The van der Waals surface area contributed by atoms with E-state index in [0.29, 0.717) is 48.5 Å². The third-order valence-corrected chi connectivity index (χ3v) is 18.5. The Bertz CT molecular complexity index is 3410. The topological polar surface area (TPSA) is 227 Å². The molecule has 2 aromatic carbocycles. The molecule has 4 bridgehead atoms. The van der Waals surface area contributed by atoms with Crippen LogP contribution in [-0.4, -0.2) is 126 Å². The molecule has 19 nitrogen and oxygen atoms in total. The maximum atomic E-state index is 13.2. The van der Waals surface area contributed by atoms with E-state index in [9.17, 15) is 29.1 Å². The van der Waals surface area contributed by atoms with Crippen LogP contribution in [0.25, 0.3) is 21.3 Å². The van der Waals surface area contributed by atoms with Gasteiger partial charge in [-0.2, -0.15) is 5.10 Å². The summed E-state index contributed by atoms with van der Waals surface area (Å²) < 4.78 is 16.3. The number of ether oxygens (including phenoxy) is 2. The largest absolute Gasteiger partial charge is 0.494 e. The molecule has 0 radical (unpaired) electrons. The predicted octanol–water partition coefficient (Wildman–Crippen LogP) is 9.21. The number of fused-ring (bicyclic) bond motifs is 3. The van der Waals surface area contributed by atoms with Crippen molar-refractivity contribution in [2.24, 2.45) is 16.2 Å². The van der Waals surface area contributed by atoms with Crippen molar-refractivity contribution in [3.63, 3.8) is 0 Å². The summed E-state index contributed by atoms with van der Waals surface area (Å²) in [5, 5.41) is 31.3. The number of carbonyl (C=O) groups is 5. The average Bonchev–Trinajstić information content (AvgIpc) is 4.25. The minimum absolute atomic E-state index is 0.0223. The highest BCUT2D eigenvalue weighted by atomic mass is 32.1. The fraction of sp³-hybridized carbons (Fsp3) is 0.492. The first-order valence-electron chi connectivity index (χ1n) is 27.7. The summed E-state index contributed by atoms with van der Waals surface area (Å²) in [7, 11) is 2.14. The smallest absolute Gasteiger partial charge is 0.355 e. The number of para-hydroxylation sites is 1. The number of hydrogen-bond donors (Lipinski definition) is 3. The van der Waals surface area contributed by atoms with Gasteiger partial charge in [-0.3, -0.25) is 34.1 Å². The summed E-state index contributed by atoms with van der Waals surface area (Å²) in [5.74, 6) is -0.897. The number of pyridine rings is 1. The summed E-state index contributed by atoms with van der Waals surface area (Å²) in [6.07, 6.45) is 12.8. The van der Waals surface area contributed by atoms with E-state index < -0.39 is 35.6 Å². The van der Waals surface area contributed by atoms with Crippen LogP contribution in [-0.2, 0) is 27.3 Å². The Balaban J connectivity index is 0.653. The van der Waals surface area contributed by atoms with Crippen molar-refractivity contribution in [1.82, 2.24) is 45.1 Å². The van der Waals surface area contributed by atoms with Gasteiger partial charge in [0.05, 0.1) is 46.4 Å². The van der Waals surface area contributed by atoms with E-state index in [-0.39, 0.29) is 51.5 Å². The number of amides is 4. The number of nitrogens with zero attached hydrogens (tertiary/aromatic N) is 9. The number of carboxylic acids is 1. The van der Waals surface area contributed by atoms with Gasteiger partial charge in [0.2, 0.25) is 11.8 Å². The first-order valence-corrected chi connectivity index (χ1v) is 28.6. The van der Waals surface area contributed by atoms with Crippen LogP contribution in [0.15, 0.2) is 60.8 Å². The van der Waals surface area contributed by atoms with Crippen LogP contribution in [0.5, 0.6) is 5.75 Å². The van der Waals surface area contributed by atoms with Crippen LogP contribution < -0.4 is 20.3 Å². The van der Waals surface area contributed by atoms with Gasteiger partial charge in [-0.25, -0.2) is 14.8 Å². The molecule has 4 amide bonds. The lowest BCUT2D eigenvalue weighted by molar-refractivity contribution is -0.248. The molecule has 3 atom stereocenters. The van der Waals surface area contributed by atoms with Gasteiger partial charge in [0.25, 0.3) is 11.8 Å². The molecule has 3 aliphatic heterocycles. The number of anilines is 4. The van der Waals surface area contributed by atoms with Crippen molar-refractivity contribution in [1.29, 1.82) is 0 Å². The monoisotopic (exact) mass is 1090 g/mol. The van der Waals surface area contributed by atoms with Gasteiger partial charge in [0.1, 0.15) is 17.6 Å². The normalized spacial score (nSPS) is 25.1. The van der Waals surface area contributed by atoms with Crippen molar-refractivity contribution < 1.29 is 38.6 Å². The zero-order valence-electron chi connectivity index (χ0n) is 45.5. The highest BCUT2D eigenvalue weighted by Gasteiger charge is 2.66. The Labute approximate surface area is 462 Å². The number of nitrogens with one attached hydrogen (secondary N) is 2. The van der Waals surface area contributed by atoms with Gasteiger partial charge in [-0.05, 0) is 163 Å². The fourth-order valence-corrected chi connectivity index (χ4v) is 16.1. The molecule has 7 aliphatic rings. The summed E-state index contributed by atoms with van der Waals surface area (Å²) in [6, 6.07) is 15.6. The summed E-state index contributed by atoms with van der Waals surface area (Å²) in [4.78, 5) is 78.3. The van der Waals surface area contributed by atoms with Crippen LogP contribution in [0.1, 0.15) is 139 Å². The van der Waals surface area contributed by atoms with E-state index in [1.165, 1.54) is 6.42 Å². The number of carbonyl (C=O) groups excluding carboxylic acids is 4. The quantitative estimate of drug-likeness (QED) is 0.0507.